The van der Waals surface area contributed by atoms with Gasteiger partial charge in [0.2, 0.25) is 10.0 Å². The first-order valence-electron chi connectivity index (χ1n) is 6.69. The highest BCUT2D eigenvalue weighted by Gasteiger charge is 2.13. The number of nitrogens with one attached hydrogen (secondary N) is 1. The Morgan fingerprint density at radius 1 is 1.19 bits per heavy atom. The first-order valence-corrected chi connectivity index (χ1v) is 8.18. The molecule has 112 valence electrons. The minimum Gasteiger partial charge on any atom is -0.376 e. The van der Waals surface area contributed by atoms with Crippen LogP contribution in [0, 0.1) is 0 Å². The Hall–Kier alpha value is -1.69. The van der Waals surface area contributed by atoms with E-state index in [0.29, 0.717) is 13.2 Å². The summed E-state index contributed by atoms with van der Waals surface area (Å²) in [5.41, 5.74) is 0.910. The van der Waals surface area contributed by atoms with Gasteiger partial charge in [0.25, 0.3) is 0 Å². The summed E-state index contributed by atoms with van der Waals surface area (Å²) in [5, 5.41) is 1.92. The maximum atomic E-state index is 12.2. The van der Waals surface area contributed by atoms with Crippen LogP contribution >= 0.6 is 0 Å². The number of rotatable bonds is 7. The molecule has 0 atom stereocenters. The monoisotopic (exact) mass is 305 g/mol. The molecule has 0 aliphatic rings. The number of hydrogen-bond acceptors (Lipinski definition) is 3. The number of ether oxygens (including phenoxy) is 1. The molecule has 5 heteroatoms. The lowest BCUT2D eigenvalue weighted by Crippen LogP contribution is -2.27. The van der Waals surface area contributed by atoms with Gasteiger partial charge in [-0.05, 0) is 29.8 Å². The lowest BCUT2D eigenvalue weighted by atomic mass is 10.1. The second kappa shape index (κ2) is 6.85. The third-order valence-electron chi connectivity index (χ3n) is 2.92. The average Bonchev–Trinajstić information content (AvgIpc) is 2.46. The summed E-state index contributed by atoms with van der Waals surface area (Å²) < 4.78 is 32.2. The number of hydrogen-bond donors (Lipinski definition) is 1. The molecule has 0 fully saturated rings. The lowest BCUT2D eigenvalue weighted by molar-refractivity contribution is 0.162. The van der Waals surface area contributed by atoms with Crippen LogP contribution in [-0.4, -0.2) is 28.2 Å². The van der Waals surface area contributed by atoms with Crippen LogP contribution in [0.3, 0.4) is 0 Å². The molecule has 2 aromatic carbocycles. The Bertz CT molecular complexity index is 738. The van der Waals surface area contributed by atoms with Crippen molar-refractivity contribution in [2.24, 2.45) is 0 Å². The zero-order valence-corrected chi connectivity index (χ0v) is 12.8. The van der Waals surface area contributed by atoms with Gasteiger partial charge in [-0.1, -0.05) is 42.5 Å². The fourth-order valence-electron chi connectivity index (χ4n) is 1.91. The summed E-state index contributed by atoms with van der Waals surface area (Å²) in [6.07, 6.45) is 0. The zero-order chi connectivity index (χ0) is 15.3. The highest BCUT2D eigenvalue weighted by Crippen LogP contribution is 2.18. The van der Waals surface area contributed by atoms with Crippen LogP contribution in [0.5, 0.6) is 0 Å². The predicted octanol–water partition coefficient (Wildman–Crippen LogP) is 2.71. The van der Waals surface area contributed by atoms with Crippen molar-refractivity contribution in [2.45, 2.75) is 11.8 Å². The van der Waals surface area contributed by atoms with E-state index in [-0.39, 0.29) is 11.4 Å². The Morgan fingerprint density at radius 3 is 2.62 bits per heavy atom. The molecule has 0 spiro atoms. The van der Waals surface area contributed by atoms with Crippen LogP contribution in [0.25, 0.3) is 10.8 Å². The van der Waals surface area contributed by atoms with Crippen LogP contribution in [0.4, 0.5) is 0 Å². The van der Waals surface area contributed by atoms with Gasteiger partial charge < -0.3 is 4.74 Å². The topological polar surface area (TPSA) is 55.4 Å². The molecule has 2 rings (SSSR count). The Kier molecular flexibility index (Phi) is 5.12. The summed E-state index contributed by atoms with van der Waals surface area (Å²) in [6, 6.07) is 12.7. The van der Waals surface area contributed by atoms with Crippen molar-refractivity contribution in [3.8, 4) is 0 Å². The highest BCUT2D eigenvalue weighted by molar-refractivity contribution is 7.89. The van der Waals surface area contributed by atoms with Gasteiger partial charge in [-0.25, -0.2) is 13.1 Å². The molecule has 0 aliphatic carbocycles. The Morgan fingerprint density at radius 2 is 1.90 bits per heavy atom. The molecular formula is C16H19NO3S. The molecule has 1 N–H and O–H groups in total. The average molecular weight is 305 g/mol. The van der Waals surface area contributed by atoms with Crippen LogP contribution in [-0.2, 0) is 14.8 Å². The Balaban J connectivity index is 2.02. The van der Waals surface area contributed by atoms with E-state index in [2.05, 4.69) is 11.3 Å². The first-order chi connectivity index (χ1) is 9.99. The predicted molar refractivity (Wildman–Crippen MR) is 84.8 cm³/mol. The maximum absolute atomic E-state index is 12.2. The molecule has 0 amide bonds. The zero-order valence-electron chi connectivity index (χ0n) is 12.0. The van der Waals surface area contributed by atoms with E-state index in [1.54, 1.807) is 12.1 Å². The molecule has 0 radical (unpaired) electrons. The third-order valence-corrected chi connectivity index (χ3v) is 4.38. The fraction of sp³-hybridized carbons (Fsp3) is 0.250. The standard InChI is InChI=1S/C16H19NO3S/c1-13(2)12-20-10-9-17-21(18,19)16-8-7-14-5-3-4-6-15(14)11-16/h3-8,11,17H,1,9-10,12H2,2H3. The summed E-state index contributed by atoms with van der Waals surface area (Å²) in [5.74, 6) is 0. The summed E-state index contributed by atoms with van der Waals surface area (Å²) in [6.45, 7) is 6.57. The normalized spacial score (nSPS) is 11.7. The Labute approximate surface area is 125 Å². The van der Waals surface area contributed by atoms with Crippen molar-refractivity contribution in [3.63, 3.8) is 0 Å². The van der Waals surface area contributed by atoms with Crippen LogP contribution in [0.2, 0.25) is 0 Å². The van der Waals surface area contributed by atoms with E-state index in [4.69, 9.17) is 4.74 Å². The van der Waals surface area contributed by atoms with Gasteiger partial charge in [0.15, 0.2) is 0 Å². The molecule has 2 aromatic rings. The SMILES string of the molecule is C=C(C)COCCNS(=O)(=O)c1ccc2ccccc2c1. The van der Waals surface area contributed by atoms with Crippen molar-refractivity contribution in [3.05, 3.63) is 54.6 Å². The number of fused-ring (bicyclic) bond motifs is 1. The lowest BCUT2D eigenvalue weighted by Gasteiger charge is -2.08. The minimum atomic E-state index is -3.50. The molecule has 0 saturated heterocycles. The smallest absolute Gasteiger partial charge is 0.240 e. The largest absolute Gasteiger partial charge is 0.376 e. The molecule has 0 aromatic heterocycles. The third kappa shape index (κ3) is 4.39. The van der Waals surface area contributed by atoms with Gasteiger partial charge in [-0.15, -0.1) is 0 Å². The van der Waals surface area contributed by atoms with Gasteiger partial charge in [0.1, 0.15) is 0 Å². The van der Waals surface area contributed by atoms with E-state index in [1.807, 2.05) is 37.3 Å². The van der Waals surface area contributed by atoms with E-state index >= 15 is 0 Å². The quantitative estimate of drug-likeness (QED) is 0.632. The maximum Gasteiger partial charge on any atom is 0.240 e. The van der Waals surface area contributed by atoms with Crippen molar-refractivity contribution in [1.82, 2.24) is 4.72 Å². The number of benzene rings is 2. The van der Waals surface area contributed by atoms with Gasteiger partial charge in [-0.3, -0.25) is 0 Å². The molecule has 4 nitrogen and oxygen atoms in total. The molecule has 0 unspecified atom stereocenters. The summed E-state index contributed by atoms with van der Waals surface area (Å²) >= 11 is 0. The van der Waals surface area contributed by atoms with E-state index < -0.39 is 10.0 Å². The molecule has 0 aliphatic heterocycles. The molecule has 0 bridgehead atoms. The first kappa shape index (κ1) is 15.7. The molecule has 21 heavy (non-hydrogen) atoms. The minimum absolute atomic E-state index is 0.239. The summed E-state index contributed by atoms with van der Waals surface area (Å²) in [4.78, 5) is 0.265. The molecule has 0 heterocycles. The van der Waals surface area contributed by atoms with Crippen molar-refractivity contribution >= 4 is 20.8 Å². The van der Waals surface area contributed by atoms with Gasteiger partial charge >= 0.3 is 0 Å². The van der Waals surface area contributed by atoms with E-state index in [9.17, 15) is 8.42 Å². The van der Waals surface area contributed by atoms with Gasteiger partial charge in [0.05, 0.1) is 18.1 Å². The van der Waals surface area contributed by atoms with Crippen molar-refractivity contribution in [1.29, 1.82) is 0 Å². The number of sulfonamides is 1. The van der Waals surface area contributed by atoms with Crippen LogP contribution in [0.1, 0.15) is 6.92 Å². The summed E-state index contributed by atoms with van der Waals surface area (Å²) in [7, 11) is -3.50. The van der Waals surface area contributed by atoms with Crippen LogP contribution < -0.4 is 4.72 Å². The van der Waals surface area contributed by atoms with E-state index in [1.165, 1.54) is 0 Å². The molecule has 0 saturated carbocycles. The highest BCUT2D eigenvalue weighted by atomic mass is 32.2. The van der Waals surface area contributed by atoms with Crippen molar-refractivity contribution < 1.29 is 13.2 Å². The molecular weight excluding hydrogens is 286 g/mol. The van der Waals surface area contributed by atoms with Gasteiger partial charge in [0, 0.05) is 6.54 Å². The van der Waals surface area contributed by atoms with Gasteiger partial charge in [-0.2, -0.15) is 0 Å². The second-order valence-electron chi connectivity index (χ2n) is 4.92. The fourth-order valence-corrected chi connectivity index (χ4v) is 2.96. The van der Waals surface area contributed by atoms with E-state index in [0.717, 1.165) is 16.3 Å². The van der Waals surface area contributed by atoms with Crippen molar-refractivity contribution in [2.75, 3.05) is 19.8 Å². The second-order valence-corrected chi connectivity index (χ2v) is 6.68. The van der Waals surface area contributed by atoms with Crippen LogP contribution in [0.15, 0.2) is 59.5 Å².